The number of carbonyl (C=O) groups is 1. The van der Waals surface area contributed by atoms with Crippen LogP contribution in [0.5, 0.6) is 5.75 Å². The lowest BCUT2D eigenvalue weighted by molar-refractivity contribution is 0.0559. The summed E-state index contributed by atoms with van der Waals surface area (Å²) in [5.41, 5.74) is 5.01. The van der Waals surface area contributed by atoms with Crippen molar-refractivity contribution in [1.82, 2.24) is 14.9 Å². The van der Waals surface area contributed by atoms with Gasteiger partial charge in [0.2, 0.25) is 6.79 Å². The number of aromatic nitrogens is 2. The Balaban J connectivity index is 1.52. The minimum absolute atomic E-state index is 0.185. The zero-order valence-electron chi connectivity index (χ0n) is 18.0. The molecule has 8 nitrogen and oxygen atoms in total. The Labute approximate surface area is 185 Å². The summed E-state index contributed by atoms with van der Waals surface area (Å²) in [6, 6.07) is 12.0. The minimum Gasteiger partial charge on any atom is -0.480 e. The molecular weight excluding hydrogens is 410 g/mol. The number of aryl methyl sites for hydroxylation is 1. The normalized spacial score (nSPS) is 18.5. The molecule has 5 rings (SSSR count). The van der Waals surface area contributed by atoms with Gasteiger partial charge < -0.3 is 28.8 Å². The number of ether oxygens (including phenoxy) is 4. The molecule has 2 unspecified atom stereocenters. The highest BCUT2D eigenvalue weighted by Crippen LogP contribution is 2.33. The number of alkyl carbamates (subject to hydrolysis) is 1. The number of amides is 1. The molecule has 166 valence electrons. The first kappa shape index (κ1) is 20.2. The van der Waals surface area contributed by atoms with E-state index in [2.05, 4.69) is 27.0 Å². The van der Waals surface area contributed by atoms with Crippen LogP contribution in [0, 0.1) is 13.8 Å². The van der Waals surface area contributed by atoms with Gasteiger partial charge in [0, 0.05) is 24.4 Å². The van der Waals surface area contributed by atoms with Crippen LogP contribution >= 0.6 is 0 Å². The van der Waals surface area contributed by atoms with Crippen LogP contribution in [-0.2, 0) is 27.2 Å². The van der Waals surface area contributed by atoms with Gasteiger partial charge in [0.1, 0.15) is 23.6 Å². The van der Waals surface area contributed by atoms with Crippen LogP contribution in [0.4, 0.5) is 4.79 Å². The predicted octanol–water partition coefficient (Wildman–Crippen LogP) is 3.60. The molecule has 1 N–H and O–H groups in total. The number of carbonyl (C=O) groups excluding carboxylic acids is 1. The molecule has 1 aromatic carbocycles. The number of fused-ring (bicyclic) bond motifs is 1. The van der Waals surface area contributed by atoms with Gasteiger partial charge in [-0.25, -0.2) is 4.79 Å². The standard InChI is InChI=1S/C24H25N3O5/c1-15-16(2)27(12-18-11-26-24(28)31-18)23-19(8-9-25-22(15)23)32-20(21-13-29-14-30-21)10-17-6-4-3-5-7-17/h3-9,13,18,20H,10-12,14H2,1-2H3,(H,26,28). The van der Waals surface area contributed by atoms with Gasteiger partial charge in [-0.1, -0.05) is 30.3 Å². The van der Waals surface area contributed by atoms with Crippen LogP contribution in [0.3, 0.4) is 0 Å². The van der Waals surface area contributed by atoms with Crippen LogP contribution in [0.15, 0.2) is 54.6 Å². The maximum Gasteiger partial charge on any atom is 0.407 e. The lowest BCUT2D eigenvalue weighted by Gasteiger charge is -2.21. The van der Waals surface area contributed by atoms with E-state index in [0.29, 0.717) is 31.0 Å². The maximum absolute atomic E-state index is 11.5. The van der Waals surface area contributed by atoms with Crippen LogP contribution in [0.2, 0.25) is 0 Å². The molecule has 0 bridgehead atoms. The third-order valence-electron chi connectivity index (χ3n) is 5.94. The van der Waals surface area contributed by atoms with E-state index in [9.17, 15) is 4.79 Å². The molecule has 4 heterocycles. The highest BCUT2D eigenvalue weighted by molar-refractivity contribution is 5.86. The number of hydrogen-bond acceptors (Lipinski definition) is 6. The second-order valence-corrected chi connectivity index (χ2v) is 7.98. The predicted molar refractivity (Wildman–Crippen MR) is 117 cm³/mol. The summed E-state index contributed by atoms with van der Waals surface area (Å²) in [5.74, 6) is 1.35. The number of rotatable bonds is 7. The second kappa shape index (κ2) is 8.45. The van der Waals surface area contributed by atoms with Crippen molar-refractivity contribution in [3.8, 4) is 5.75 Å². The van der Waals surface area contributed by atoms with Gasteiger partial charge in [-0.2, -0.15) is 0 Å². The van der Waals surface area contributed by atoms with Crippen LogP contribution in [0.25, 0.3) is 11.0 Å². The summed E-state index contributed by atoms with van der Waals surface area (Å²) in [7, 11) is 0. The number of cyclic esters (lactones) is 1. The Morgan fingerprint density at radius 1 is 1.25 bits per heavy atom. The van der Waals surface area contributed by atoms with Gasteiger partial charge in [0.05, 0.1) is 18.6 Å². The third kappa shape index (κ3) is 3.84. The average Bonchev–Trinajstić information content (AvgIpc) is 3.53. The molecule has 8 heteroatoms. The first-order chi connectivity index (χ1) is 15.6. The molecule has 0 radical (unpaired) electrons. The molecule has 32 heavy (non-hydrogen) atoms. The summed E-state index contributed by atoms with van der Waals surface area (Å²) >= 11 is 0. The highest BCUT2D eigenvalue weighted by atomic mass is 16.7. The topological polar surface area (TPSA) is 83.8 Å². The molecule has 1 fully saturated rings. The molecule has 0 aliphatic carbocycles. The fourth-order valence-corrected chi connectivity index (χ4v) is 4.18. The largest absolute Gasteiger partial charge is 0.480 e. The number of nitrogens with zero attached hydrogens (tertiary/aromatic N) is 2. The number of benzene rings is 1. The van der Waals surface area contributed by atoms with Gasteiger partial charge in [0.15, 0.2) is 11.9 Å². The van der Waals surface area contributed by atoms with Crippen molar-refractivity contribution >= 4 is 17.1 Å². The van der Waals surface area contributed by atoms with Gasteiger partial charge in [0.25, 0.3) is 0 Å². The fourth-order valence-electron chi connectivity index (χ4n) is 4.18. The van der Waals surface area contributed by atoms with Gasteiger partial charge in [-0.05, 0) is 25.0 Å². The van der Waals surface area contributed by atoms with E-state index in [4.69, 9.17) is 18.9 Å². The van der Waals surface area contributed by atoms with E-state index >= 15 is 0 Å². The smallest absolute Gasteiger partial charge is 0.407 e. The molecule has 3 aromatic rings. The van der Waals surface area contributed by atoms with Crippen LogP contribution in [-0.4, -0.2) is 41.2 Å². The molecular formula is C24H25N3O5. The van der Waals surface area contributed by atoms with Gasteiger partial charge >= 0.3 is 6.09 Å². The van der Waals surface area contributed by atoms with E-state index in [0.717, 1.165) is 27.9 Å². The van der Waals surface area contributed by atoms with Crippen molar-refractivity contribution in [1.29, 1.82) is 0 Å². The van der Waals surface area contributed by atoms with E-state index < -0.39 is 0 Å². The summed E-state index contributed by atoms with van der Waals surface area (Å²) < 4.78 is 25.0. The Bertz CT molecular complexity index is 1170. The second-order valence-electron chi connectivity index (χ2n) is 7.98. The maximum atomic E-state index is 11.5. The molecule has 2 aliphatic heterocycles. The van der Waals surface area contributed by atoms with E-state index in [-0.39, 0.29) is 25.1 Å². The molecule has 1 saturated heterocycles. The van der Waals surface area contributed by atoms with Crippen molar-refractivity contribution < 1.29 is 23.7 Å². The Hall–Kier alpha value is -3.68. The highest BCUT2D eigenvalue weighted by Gasteiger charge is 2.28. The van der Waals surface area contributed by atoms with E-state index in [1.54, 1.807) is 12.5 Å². The summed E-state index contributed by atoms with van der Waals surface area (Å²) in [6.45, 7) is 5.26. The molecule has 2 aromatic heterocycles. The van der Waals surface area contributed by atoms with Crippen LogP contribution < -0.4 is 10.1 Å². The molecule has 2 atom stereocenters. The van der Waals surface area contributed by atoms with Crippen LogP contribution in [0.1, 0.15) is 16.8 Å². The monoisotopic (exact) mass is 435 g/mol. The molecule has 0 spiro atoms. The van der Waals surface area contributed by atoms with Crippen molar-refractivity contribution in [3.63, 3.8) is 0 Å². The number of hydrogen-bond donors (Lipinski definition) is 1. The quantitative estimate of drug-likeness (QED) is 0.611. The van der Waals surface area contributed by atoms with Gasteiger partial charge in [-0.15, -0.1) is 0 Å². The molecule has 1 amide bonds. The zero-order chi connectivity index (χ0) is 22.1. The number of pyridine rings is 1. The Morgan fingerprint density at radius 3 is 2.81 bits per heavy atom. The number of nitrogens with one attached hydrogen (secondary N) is 1. The minimum atomic E-state index is -0.385. The van der Waals surface area contributed by atoms with Crippen molar-refractivity contribution in [2.24, 2.45) is 0 Å². The van der Waals surface area contributed by atoms with Gasteiger partial charge in [-0.3, -0.25) is 4.98 Å². The van der Waals surface area contributed by atoms with Crippen molar-refractivity contribution in [2.45, 2.75) is 39.0 Å². The molecule has 2 aliphatic rings. The summed E-state index contributed by atoms with van der Waals surface area (Å²) in [6.07, 6.45) is 3.00. The van der Waals surface area contributed by atoms with E-state index in [1.807, 2.05) is 38.1 Å². The SMILES string of the molecule is Cc1c(C)n(CC2CNC(=O)O2)c2c(OC(Cc3ccccc3)C3=COCO3)ccnc12. The Morgan fingerprint density at radius 2 is 2.09 bits per heavy atom. The summed E-state index contributed by atoms with van der Waals surface area (Å²) in [5, 5.41) is 2.72. The van der Waals surface area contributed by atoms with Crippen molar-refractivity contribution in [3.05, 3.63) is 71.4 Å². The first-order valence-corrected chi connectivity index (χ1v) is 10.6. The molecule has 0 saturated carbocycles. The summed E-state index contributed by atoms with van der Waals surface area (Å²) in [4.78, 5) is 16.1. The first-order valence-electron chi connectivity index (χ1n) is 10.6. The van der Waals surface area contributed by atoms with Crippen molar-refractivity contribution in [2.75, 3.05) is 13.3 Å². The Kier molecular flexibility index (Phi) is 5.34. The zero-order valence-corrected chi connectivity index (χ0v) is 18.0. The lowest BCUT2D eigenvalue weighted by Crippen LogP contribution is -2.24. The van der Waals surface area contributed by atoms with E-state index in [1.165, 1.54) is 0 Å². The fraction of sp³-hybridized carbons (Fsp3) is 0.333. The third-order valence-corrected chi connectivity index (χ3v) is 5.94. The lowest BCUT2D eigenvalue weighted by atomic mass is 10.1. The average molecular weight is 435 g/mol.